The minimum atomic E-state index is -3.80. The van der Waals surface area contributed by atoms with Crippen molar-refractivity contribution < 1.29 is 34.5 Å². The summed E-state index contributed by atoms with van der Waals surface area (Å²) in [5.41, 5.74) is 6.48. The van der Waals surface area contributed by atoms with Crippen LogP contribution in [0, 0.1) is 11.6 Å². The number of anilines is 2. The van der Waals surface area contributed by atoms with Crippen molar-refractivity contribution in [2.24, 2.45) is 0 Å². The zero-order valence-corrected chi connectivity index (χ0v) is 28.9. The minimum absolute atomic E-state index is 0.0355. The molecular weight excluding hydrogens is 707 g/mol. The van der Waals surface area contributed by atoms with Crippen molar-refractivity contribution in [3.63, 3.8) is 0 Å². The van der Waals surface area contributed by atoms with E-state index >= 15 is 0 Å². The summed E-state index contributed by atoms with van der Waals surface area (Å²) in [6.07, 6.45) is 4.34. The largest absolute Gasteiger partial charge is 0.406 e. The third kappa shape index (κ3) is 8.41. The maximum atomic E-state index is 13.2. The molecule has 5 aromatic rings. The lowest BCUT2D eigenvalue weighted by Crippen LogP contribution is -2.38. The highest BCUT2D eigenvalue weighted by molar-refractivity contribution is 7.89. The number of piperidine rings is 2. The summed E-state index contributed by atoms with van der Waals surface area (Å²) in [7, 11) is -7.57. The smallest absolute Gasteiger partial charge is 0.315 e. The molecule has 0 amide bonds. The van der Waals surface area contributed by atoms with Crippen molar-refractivity contribution in [2.45, 2.75) is 66.9 Å². The zero-order valence-electron chi connectivity index (χ0n) is 27.3. The fraction of sp³-hybridized carbons (Fsp3) is 0.333. The molecule has 270 valence electrons. The standard InChI is InChI=1S/C20H21FN4O3S.C13H15FN4O3S/c21-16-9-11-17(12-10-16)29(26,27)25-13-5-4-8-18(25)19-23-24-20(28-19)22-14-15-6-2-1-3-7-15;14-9-4-6-10(7-5-9)22(19,20)18-8-2-1-3-11(18)12-16-17-13(15)21-12/h1-3,6-7,9-12,18H,4-5,8,13-14H2,(H,22,24);4-7,11H,1-3,8H2,(H2,15,17)/t18-;11-/m00/s1. The molecule has 2 aromatic heterocycles. The van der Waals surface area contributed by atoms with Crippen molar-refractivity contribution in [1.82, 2.24) is 29.0 Å². The van der Waals surface area contributed by atoms with Crippen LogP contribution < -0.4 is 11.1 Å². The Morgan fingerprint density at radius 3 is 1.65 bits per heavy atom. The fourth-order valence-corrected chi connectivity index (χ4v) is 9.26. The Morgan fingerprint density at radius 1 is 0.667 bits per heavy atom. The molecule has 0 unspecified atom stereocenters. The van der Waals surface area contributed by atoms with Crippen LogP contribution in [-0.2, 0) is 26.6 Å². The van der Waals surface area contributed by atoms with Crippen molar-refractivity contribution in [2.75, 3.05) is 24.1 Å². The first-order valence-electron chi connectivity index (χ1n) is 16.3. The highest BCUT2D eigenvalue weighted by Crippen LogP contribution is 2.36. The lowest BCUT2D eigenvalue weighted by molar-refractivity contribution is 0.220. The van der Waals surface area contributed by atoms with Crippen LogP contribution in [0.5, 0.6) is 0 Å². The van der Waals surface area contributed by atoms with E-state index in [0.29, 0.717) is 32.5 Å². The minimum Gasteiger partial charge on any atom is -0.406 e. The number of hydrogen-bond acceptors (Lipinski definition) is 12. The first-order valence-corrected chi connectivity index (χ1v) is 19.2. The normalized spacial score (nSPS) is 18.9. The van der Waals surface area contributed by atoms with Gasteiger partial charge in [-0.3, -0.25) is 0 Å². The predicted octanol–water partition coefficient (Wildman–Crippen LogP) is 5.44. The first-order chi connectivity index (χ1) is 24.5. The molecule has 0 saturated carbocycles. The van der Waals surface area contributed by atoms with Crippen molar-refractivity contribution in [3.05, 3.63) is 108 Å². The quantitative estimate of drug-likeness (QED) is 0.195. The molecule has 0 bridgehead atoms. The van der Waals surface area contributed by atoms with Gasteiger partial charge in [0.2, 0.25) is 31.8 Å². The van der Waals surface area contributed by atoms with E-state index in [1.165, 1.54) is 32.9 Å². The van der Waals surface area contributed by atoms with Crippen LogP contribution in [-0.4, -0.2) is 58.9 Å². The highest BCUT2D eigenvalue weighted by atomic mass is 32.2. The van der Waals surface area contributed by atoms with Gasteiger partial charge in [0.25, 0.3) is 0 Å². The van der Waals surface area contributed by atoms with Crippen LogP contribution in [0.25, 0.3) is 0 Å². The summed E-state index contributed by atoms with van der Waals surface area (Å²) < 4.78 is 91.6. The molecule has 3 aromatic carbocycles. The SMILES string of the molecule is Nc1nnc([C@@H]2CCCCN2S(=O)(=O)c2ccc(F)cc2)o1.O=S(=O)(c1ccc(F)cc1)N1CCCC[C@H]1c1nnc(NCc2ccccc2)o1. The Labute approximate surface area is 293 Å². The lowest BCUT2D eigenvalue weighted by Gasteiger charge is -2.32. The first kappa shape index (κ1) is 36.0. The van der Waals surface area contributed by atoms with E-state index in [1.54, 1.807) is 0 Å². The number of rotatable bonds is 9. The summed E-state index contributed by atoms with van der Waals surface area (Å²) in [6.45, 7) is 1.21. The lowest BCUT2D eigenvalue weighted by atomic mass is 10.1. The summed E-state index contributed by atoms with van der Waals surface area (Å²) in [5.74, 6) is -0.530. The van der Waals surface area contributed by atoms with Gasteiger partial charge >= 0.3 is 12.0 Å². The summed E-state index contributed by atoms with van der Waals surface area (Å²) in [5, 5.41) is 18.5. The van der Waals surface area contributed by atoms with Crippen LogP contribution in [0.15, 0.2) is 97.5 Å². The number of benzene rings is 3. The topological polar surface area (TPSA) is 191 Å². The Balaban J connectivity index is 0.000000183. The van der Waals surface area contributed by atoms with Crippen LogP contribution in [0.4, 0.5) is 20.8 Å². The summed E-state index contributed by atoms with van der Waals surface area (Å²) >= 11 is 0. The van der Waals surface area contributed by atoms with E-state index in [0.717, 1.165) is 55.5 Å². The number of nitrogens with zero attached hydrogens (tertiary/aromatic N) is 6. The second-order valence-corrected chi connectivity index (χ2v) is 15.7. The Kier molecular flexibility index (Phi) is 11.0. The van der Waals surface area contributed by atoms with Gasteiger partial charge in [0, 0.05) is 19.6 Å². The monoisotopic (exact) mass is 742 g/mol. The van der Waals surface area contributed by atoms with Gasteiger partial charge in [0.1, 0.15) is 23.7 Å². The van der Waals surface area contributed by atoms with Gasteiger partial charge in [-0.2, -0.15) is 8.61 Å². The Morgan fingerprint density at radius 2 is 1.16 bits per heavy atom. The molecule has 14 nitrogen and oxygen atoms in total. The summed E-state index contributed by atoms with van der Waals surface area (Å²) in [4.78, 5) is 0.0843. The van der Waals surface area contributed by atoms with Crippen molar-refractivity contribution in [3.8, 4) is 0 Å². The third-order valence-electron chi connectivity index (χ3n) is 8.50. The molecule has 2 aliphatic rings. The summed E-state index contributed by atoms with van der Waals surface area (Å²) in [6, 6.07) is 18.4. The maximum absolute atomic E-state index is 13.2. The number of sulfonamides is 2. The second kappa shape index (κ2) is 15.6. The number of nitrogen functional groups attached to an aromatic ring is 1. The zero-order chi connectivity index (χ0) is 36.0. The van der Waals surface area contributed by atoms with E-state index < -0.39 is 43.8 Å². The number of halogens is 2. The third-order valence-corrected chi connectivity index (χ3v) is 12.3. The molecule has 3 N–H and O–H groups in total. The number of aromatic nitrogens is 4. The van der Waals surface area contributed by atoms with E-state index in [2.05, 4.69) is 25.7 Å². The fourth-order valence-electron chi connectivity index (χ4n) is 5.96. The molecule has 4 heterocycles. The van der Waals surface area contributed by atoms with Crippen LogP contribution in [0.2, 0.25) is 0 Å². The molecule has 2 aliphatic heterocycles. The molecule has 7 rings (SSSR count). The molecule has 2 fully saturated rings. The molecular formula is C33H36F2N8O6S2. The molecule has 51 heavy (non-hydrogen) atoms. The van der Waals surface area contributed by atoms with Crippen LogP contribution in [0.3, 0.4) is 0 Å². The van der Waals surface area contributed by atoms with E-state index in [-0.39, 0.29) is 33.6 Å². The van der Waals surface area contributed by atoms with Gasteiger partial charge in [-0.25, -0.2) is 25.6 Å². The second-order valence-electron chi connectivity index (χ2n) is 11.9. The van der Waals surface area contributed by atoms with E-state index in [9.17, 15) is 25.6 Å². The molecule has 18 heteroatoms. The van der Waals surface area contributed by atoms with E-state index in [4.69, 9.17) is 14.6 Å². The molecule has 2 atom stereocenters. The van der Waals surface area contributed by atoms with Gasteiger partial charge in [0.05, 0.1) is 9.79 Å². The number of hydrogen-bond donors (Lipinski definition) is 2. The van der Waals surface area contributed by atoms with Crippen LogP contribution in [0.1, 0.15) is 68.0 Å². The number of nitrogens with one attached hydrogen (secondary N) is 1. The molecule has 0 radical (unpaired) electrons. The van der Waals surface area contributed by atoms with Crippen LogP contribution >= 0.6 is 0 Å². The molecule has 2 saturated heterocycles. The average molecular weight is 743 g/mol. The van der Waals surface area contributed by atoms with Crippen molar-refractivity contribution in [1.29, 1.82) is 0 Å². The van der Waals surface area contributed by atoms with Gasteiger partial charge < -0.3 is 19.9 Å². The van der Waals surface area contributed by atoms with Crippen molar-refractivity contribution >= 4 is 32.1 Å². The average Bonchev–Trinajstić information content (AvgIpc) is 3.81. The molecule has 0 aliphatic carbocycles. The highest BCUT2D eigenvalue weighted by Gasteiger charge is 2.38. The van der Waals surface area contributed by atoms with Gasteiger partial charge in [0.15, 0.2) is 0 Å². The Hall–Kier alpha value is -4.78. The number of nitrogens with two attached hydrogens (primary N) is 1. The maximum Gasteiger partial charge on any atom is 0.315 e. The van der Waals surface area contributed by atoms with Gasteiger partial charge in [-0.15, -0.1) is 10.2 Å². The van der Waals surface area contributed by atoms with Gasteiger partial charge in [-0.05, 0) is 79.8 Å². The van der Waals surface area contributed by atoms with Gasteiger partial charge in [-0.1, -0.05) is 53.4 Å². The van der Waals surface area contributed by atoms with E-state index in [1.807, 2.05) is 30.3 Å². The molecule has 0 spiro atoms. The predicted molar refractivity (Wildman–Crippen MR) is 181 cm³/mol. The Bertz CT molecular complexity index is 2120.